The second-order valence-corrected chi connectivity index (χ2v) is 10.9. The Kier molecular flexibility index (Phi) is 8.15. The van der Waals surface area contributed by atoms with E-state index in [-0.39, 0.29) is 30.2 Å². The number of pyridine rings is 1. The van der Waals surface area contributed by atoms with E-state index in [1.54, 1.807) is 18.3 Å². The molecule has 2 atom stereocenters. The molecule has 4 N–H and O–H groups in total. The number of hydrogen-bond acceptors (Lipinski definition) is 9. The number of nitriles is 1. The highest BCUT2D eigenvalue weighted by molar-refractivity contribution is 6.05. The summed E-state index contributed by atoms with van der Waals surface area (Å²) >= 11 is 0. The Morgan fingerprint density at radius 2 is 1.89 bits per heavy atom. The van der Waals surface area contributed by atoms with Crippen molar-refractivity contribution in [3.8, 4) is 28.6 Å². The van der Waals surface area contributed by atoms with Gasteiger partial charge in [0.2, 0.25) is 0 Å². The largest absolute Gasteiger partial charge is 0.394 e. The molecule has 44 heavy (non-hydrogen) atoms. The molecule has 12 heteroatoms. The highest BCUT2D eigenvalue weighted by Crippen LogP contribution is 2.38. The number of carbonyl (C=O) groups excluding carboxylic acids is 1. The van der Waals surface area contributed by atoms with Gasteiger partial charge in [0, 0.05) is 43.6 Å². The number of nitrogens with one attached hydrogen (secondary N) is 1. The second-order valence-electron chi connectivity index (χ2n) is 10.9. The van der Waals surface area contributed by atoms with Crippen molar-refractivity contribution < 1.29 is 18.7 Å². The van der Waals surface area contributed by atoms with Gasteiger partial charge >= 0.3 is 0 Å². The van der Waals surface area contributed by atoms with Gasteiger partial charge in [-0.05, 0) is 61.2 Å². The number of nitrogens with two attached hydrogens (primary N) is 1. The summed E-state index contributed by atoms with van der Waals surface area (Å²) in [6.07, 6.45) is 5.55. The second kappa shape index (κ2) is 12.3. The molecule has 0 unspecified atom stereocenters. The number of anilines is 3. The number of hydrogen-bond donors (Lipinski definition) is 3. The quantitative estimate of drug-likeness (QED) is 0.287. The Morgan fingerprint density at radius 1 is 1.11 bits per heavy atom. The first kappa shape index (κ1) is 29.1. The predicted octanol–water partition coefficient (Wildman–Crippen LogP) is 4.11. The molecule has 6 rings (SSSR count). The smallest absolute Gasteiger partial charge is 0.274 e. The summed E-state index contributed by atoms with van der Waals surface area (Å²) in [4.78, 5) is 30.2. The van der Waals surface area contributed by atoms with Crippen LogP contribution in [-0.4, -0.2) is 64.3 Å². The van der Waals surface area contributed by atoms with Gasteiger partial charge in [0.05, 0.1) is 35.2 Å². The lowest BCUT2D eigenvalue weighted by Gasteiger charge is -2.28. The SMILES string of the molecule is N#Cc1cnc(N2CCCC2)cc1-c1ccc(NC(=O)c2ccnc(-c3c(F)cccc3F)n2)c(N2C[C@@H](N)C[C@H]2CO)c1. The van der Waals surface area contributed by atoms with E-state index in [4.69, 9.17) is 5.73 Å². The fourth-order valence-electron chi connectivity index (χ4n) is 5.86. The summed E-state index contributed by atoms with van der Waals surface area (Å²) in [5.41, 5.74) is 8.59. The van der Waals surface area contributed by atoms with Crippen LogP contribution in [0, 0.1) is 23.0 Å². The standard InChI is InChI=1S/C32H30F2N8O2/c33-24-4-3-5-25(34)30(24)31-37-9-8-27(39-31)32(44)40-26-7-6-19(12-28(26)42-17-21(36)13-22(42)18-43)23-14-29(38-16-20(23)15-35)41-10-1-2-11-41/h3-9,12,14,16,21-22,43H,1-2,10-11,13,17-18,36H2,(H,40,44)/t21-,22-/m0/s1. The molecule has 0 radical (unpaired) electrons. The van der Waals surface area contributed by atoms with Crippen molar-refractivity contribution >= 4 is 23.1 Å². The molecule has 1 amide bonds. The van der Waals surface area contributed by atoms with E-state index >= 15 is 0 Å². The molecule has 4 aromatic rings. The van der Waals surface area contributed by atoms with Crippen LogP contribution in [0.5, 0.6) is 0 Å². The van der Waals surface area contributed by atoms with Crippen LogP contribution in [0.3, 0.4) is 0 Å². The van der Waals surface area contributed by atoms with E-state index in [9.17, 15) is 23.9 Å². The van der Waals surface area contributed by atoms with E-state index < -0.39 is 23.1 Å². The van der Waals surface area contributed by atoms with Crippen molar-refractivity contribution in [1.82, 2.24) is 15.0 Å². The molecule has 0 bridgehead atoms. The zero-order chi connectivity index (χ0) is 30.8. The molecule has 2 aromatic heterocycles. The Balaban J connectivity index is 1.38. The Hall–Kier alpha value is -4.99. The zero-order valence-electron chi connectivity index (χ0n) is 23.7. The van der Waals surface area contributed by atoms with E-state index in [0.29, 0.717) is 35.5 Å². The average molecular weight is 597 g/mol. The fraction of sp³-hybridized carbons (Fsp3) is 0.281. The first-order chi connectivity index (χ1) is 21.4. The number of benzene rings is 2. The molecule has 2 saturated heterocycles. The summed E-state index contributed by atoms with van der Waals surface area (Å²) in [5.74, 6) is -1.78. The third kappa shape index (κ3) is 5.67. The van der Waals surface area contributed by atoms with Gasteiger partial charge in [-0.15, -0.1) is 0 Å². The summed E-state index contributed by atoms with van der Waals surface area (Å²) in [6, 6.07) is 13.8. The maximum atomic E-state index is 14.4. The maximum Gasteiger partial charge on any atom is 0.274 e. The molecule has 2 aliphatic heterocycles. The molecular weight excluding hydrogens is 566 g/mol. The van der Waals surface area contributed by atoms with Crippen molar-refractivity contribution in [1.29, 1.82) is 5.26 Å². The molecule has 2 fully saturated rings. The molecule has 0 aliphatic carbocycles. The summed E-state index contributed by atoms with van der Waals surface area (Å²) < 4.78 is 28.8. The lowest BCUT2D eigenvalue weighted by Crippen LogP contribution is -2.33. The molecular formula is C32H30F2N8O2. The number of halogens is 2. The van der Waals surface area contributed by atoms with Crippen LogP contribution < -0.4 is 20.9 Å². The molecule has 0 saturated carbocycles. The lowest BCUT2D eigenvalue weighted by atomic mass is 10.00. The van der Waals surface area contributed by atoms with Gasteiger partial charge in [0.25, 0.3) is 5.91 Å². The van der Waals surface area contributed by atoms with Gasteiger partial charge < -0.3 is 26.0 Å². The Bertz CT molecular complexity index is 1730. The number of amides is 1. The molecule has 2 aliphatic rings. The maximum absolute atomic E-state index is 14.4. The van der Waals surface area contributed by atoms with E-state index in [1.165, 1.54) is 18.3 Å². The lowest BCUT2D eigenvalue weighted by molar-refractivity contribution is 0.102. The van der Waals surface area contributed by atoms with Crippen molar-refractivity contribution in [3.05, 3.63) is 83.8 Å². The van der Waals surface area contributed by atoms with Gasteiger partial charge in [-0.2, -0.15) is 5.26 Å². The van der Waals surface area contributed by atoms with E-state index in [2.05, 4.69) is 31.2 Å². The van der Waals surface area contributed by atoms with Crippen LogP contribution in [-0.2, 0) is 0 Å². The van der Waals surface area contributed by atoms with Crippen LogP contribution in [0.25, 0.3) is 22.5 Å². The average Bonchev–Trinajstić information content (AvgIpc) is 3.71. The molecule has 4 heterocycles. The highest BCUT2D eigenvalue weighted by Gasteiger charge is 2.32. The van der Waals surface area contributed by atoms with Crippen molar-refractivity contribution in [2.75, 3.05) is 41.4 Å². The molecule has 224 valence electrons. The Labute approximate surface area is 252 Å². The zero-order valence-corrected chi connectivity index (χ0v) is 23.7. The summed E-state index contributed by atoms with van der Waals surface area (Å²) in [7, 11) is 0. The number of nitrogens with zero attached hydrogens (tertiary/aromatic N) is 6. The minimum atomic E-state index is -0.846. The fourth-order valence-corrected chi connectivity index (χ4v) is 5.86. The summed E-state index contributed by atoms with van der Waals surface area (Å²) in [6.45, 7) is 2.08. The van der Waals surface area contributed by atoms with Gasteiger partial charge in [-0.1, -0.05) is 12.1 Å². The van der Waals surface area contributed by atoms with Crippen LogP contribution in [0.4, 0.5) is 26.0 Å². The van der Waals surface area contributed by atoms with E-state index in [1.807, 2.05) is 17.0 Å². The van der Waals surface area contributed by atoms with Gasteiger partial charge in [0.1, 0.15) is 29.2 Å². The third-order valence-corrected chi connectivity index (χ3v) is 8.04. The highest BCUT2D eigenvalue weighted by atomic mass is 19.1. The normalized spacial score (nSPS) is 18.0. The topological polar surface area (TPSA) is 144 Å². The number of rotatable bonds is 7. The van der Waals surface area contributed by atoms with Gasteiger partial charge in [0.15, 0.2) is 5.82 Å². The molecule has 10 nitrogen and oxygen atoms in total. The number of aliphatic hydroxyl groups excluding tert-OH is 1. The van der Waals surface area contributed by atoms with Crippen LogP contribution >= 0.6 is 0 Å². The third-order valence-electron chi connectivity index (χ3n) is 8.04. The number of carbonyl (C=O) groups is 1. The van der Waals surface area contributed by atoms with Crippen molar-refractivity contribution in [2.24, 2.45) is 5.73 Å². The van der Waals surface area contributed by atoms with E-state index in [0.717, 1.165) is 49.4 Å². The van der Waals surface area contributed by atoms with Crippen LogP contribution in [0.2, 0.25) is 0 Å². The molecule has 0 spiro atoms. The van der Waals surface area contributed by atoms with Gasteiger partial charge in [-0.25, -0.2) is 23.7 Å². The first-order valence-corrected chi connectivity index (χ1v) is 14.4. The molecule has 2 aromatic carbocycles. The first-order valence-electron chi connectivity index (χ1n) is 14.4. The number of aliphatic hydroxyl groups is 1. The van der Waals surface area contributed by atoms with Crippen LogP contribution in [0.15, 0.2) is 60.9 Å². The predicted molar refractivity (Wildman–Crippen MR) is 162 cm³/mol. The minimum Gasteiger partial charge on any atom is -0.394 e. The van der Waals surface area contributed by atoms with Crippen molar-refractivity contribution in [3.63, 3.8) is 0 Å². The minimum absolute atomic E-state index is 0.0966. The summed E-state index contributed by atoms with van der Waals surface area (Å²) in [5, 5.41) is 22.9. The Morgan fingerprint density at radius 3 is 2.61 bits per heavy atom. The van der Waals surface area contributed by atoms with Gasteiger partial charge in [-0.3, -0.25) is 4.79 Å². The monoisotopic (exact) mass is 596 g/mol. The number of aromatic nitrogens is 3. The van der Waals surface area contributed by atoms with Crippen molar-refractivity contribution in [2.45, 2.75) is 31.3 Å². The van der Waals surface area contributed by atoms with Crippen LogP contribution in [0.1, 0.15) is 35.3 Å².